The molecule has 1 aliphatic heterocycles. The van der Waals surface area contributed by atoms with Gasteiger partial charge in [0.15, 0.2) is 6.29 Å². The van der Waals surface area contributed by atoms with Gasteiger partial charge in [-0.15, -0.1) is 0 Å². The number of aliphatic hydroxyl groups is 4. The van der Waals surface area contributed by atoms with E-state index in [2.05, 4.69) is 34.6 Å². The van der Waals surface area contributed by atoms with Crippen LogP contribution in [0.2, 0.25) is 0 Å². The van der Waals surface area contributed by atoms with Crippen molar-refractivity contribution in [2.75, 3.05) is 6.61 Å². The summed E-state index contributed by atoms with van der Waals surface area (Å²) in [5, 5.41) is 40.3. The molecule has 0 radical (unpaired) electrons. The molecule has 0 spiro atoms. The van der Waals surface area contributed by atoms with Gasteiger partial charge in [-0.1, -0.05) is 53.9 Å². The summed E-state index contributed by atoms with van der Waals surface area (Å²) in [5.41, 5.74) is 0.867. The third-order valence-corrected chi connectivity index (χ3v) is 13.0. The smallest absolute Gasteiger partial charge is 0.186 e. The van der Waals surface area contributed by atoms with Gasteiger partial charge >= 0.3 is 0 Å². The maximum atomic E-state index is 10.5. The standard InChI is InChI=1S/C33H58O6/c1-19(2)7-6-8-20(3)24-11-12-25-23-10-9-21-17-22(13-15-32(21,4)26(23)14-16-33(24,25)5)38-31-30(37)29(36)28(35)27(18-34)39-31/h19-31,34-37H,6-18H2,1-5H3/t20-,21+,22+,23+,24-,25+,26+,27-,28-,29+,30-,31+,32+,33-/m1/s1. The summed E-state index contributed by atoms with van der Waals surface area (Å²) in [5.74, 6) is 5.71. The lowest BCUT2D eigenvalue weighted by Gasteiger charge is -2.61. The molecule has 1 heterocycles. The van der Waals surface area contributed by atoms with Crippen LogP contribution in [0, 0.1) is 52.3 Å². The summed E-state index contributed by atoms with van der Waals surface area (Å²) < 4.78 is 11.9. The number of ether oxygens (including phenoxy) is 2. The zero-order chi connectivity index (χ0) is 28.1. The summed E-state index contributed by atoms with van der Waals surface area (Å²) in [6.07, 6.45) is 9.41. The Kier molecular flexibility index (Phi) is 9.14. The van der Waals surface area contributed by atoms with E-state index < -0.39 is 37.3 Å². The normalized spacial score (nSPS) is 50.8. The molecule has 6 heteroatoms. The van der Waals surface area contributed by atoms with Crippen LogP contribution in [0.25, 0.3) is 0 Å². The highest BCUT2D eigenvalue weighted by Gasteiger charge is 2.61. The highest BCUT2D eigenvalue weighted by atomic mass is 16.7. The fourth-order valence-corrected chi connectivity index (χ4v) is 10.7. The quantitative estimate of drug-likeness (QED) is 0.307. The highest BCUT2D eigenvalue weighted by molar-refractivity contribution is 5.10. The fraction of sp³-hybridized carbons (Fsp3) is 1.00. The zero-order valence-corrected chi connectivity index (χ0v) is 25.3. The Morgan fingerprint density at radius 2 is 1.54 bits per heavy atom. The highest BCUT2D eigenvalue weighted by Crippen LogP contribution is 2.68. The van der Waals surface area contributed by atoms with Crippen molar-refractivity contribution in [2.24, 2.45) is 52.3 Å². The lowest BCUT2D eigenvalue weighted by Crippen LogP contribution is -2.60. The molecule has 5 aliphatic rings. The topological polar surface area (TPSA) is 99.4 Å². The van der Waals surface area contributed by atoms with Gasteiger partial charge in [0, 0.05) is 0 Å². The van der Waals surface area contributed by atoms with E-state index in [1.165, 1.54) is 57.8 Å². The molecule has 4 N–H and O–H groups in total. The zero-order valence-electron chi connectivity index (χ0n) is 25.3. The summed E-state index contributed by atoms with van der Waals surface area (Å²) in [4.78, 5) is 0. The van der Waals surface area contributed by atoms with E-state index >= 15 is 0 Å². The summed E-state index contributed by atoms with van der Waals surface area (Å²) in [6.45, 7) is 12.1. The van der Waals surface area contributed by atoms with Crippen molar-refractivity contribution in [3.63, 3.8) is 0 Å². The molecule has 5 rings (SSSR count). The number of rotatable bonds is 8. The molecular formula is C33H58O6. The lowest BCUT2D eigenvalue weighted by atomic mass is 9.44. The molecule has 14 atom stereocenters. The van der Waals surface area contributed by atoms with Gasteiger partial charge in [0.1, 0.15) is 24.4 Å². The Hall–Kier alpha value is -0.240. The minimum absolute atomic E-state index is 0.0301. The summed E-state index contributed by atoms with van der Waals surface area (Å²) in [7, 11) is 0. The molecule has 0 bridgehead atoms. The third kappa shape index (κ3) is 5.49. The Morgan fingerprint density at radius 1 is 0.821 bits per heavy atom. The second-order valence-electron chi connectivity index (χ2n) is 15.4. The van der Waals surface area contributed by atoms with Crippen molar-refractivity contribution in [1.82, 2.24) is 0 Å². The van der Waals surface area contributed by atoms with E-state index in [-0.39, 0.29) is 6.10 Å². The molecule has 0 aromatic heterocycles. The first-order valence-corrected chi connectivity index (χ1v) is 16.5. The third-order valence-electron chi connectivity index (χ3n) is 13.0. The summed E-state index contributed by atoms with van der Waals surface area (Å²) >= 11 is 0. The predicted octanol–water partition coefficient (Wildman–Crippen LogP) is 5.29. The molecule has 0 unspecified atom stereocenters. The molecular weight excluding hydrogens is 492 g/mol. The van der Waals surface area contributed by atoms with Crippen LogP contribution in [0.4, 0.5) is 0 Å². The maximum Gasteiger partial charge on any atom is 0.186 e. The first-order chi connectivity index (χ1) is 18.5. The second kappa shape index (κ2) is 11.8. The number of fused-ring (bicyclic) bond motifs is 5. The average molecular weight is 551 g/mol. The molecule has 4 saturated carbocycles. The van der Waals surface area contributed by atoms with Crippen LogP contribution >= 0.6 is 0 Å². The number of aliphatic hydroxyl groups excluding tert-OH is 4. The van der Waals surface area contributed by atoms with Gasteiger partial charge < -0.3 is 29.9 Å². The molecule has 0 aromatic carbocycles. The lowest BCUT2D eigenvalue weighted by molar-refractivity contribution is -0.316. The minimum atomic E-state index is -1.38. The van der Waals surface area contributed by atoms with Crippen LogP contribution < -0.4 is 0 Å². The van der Waals surface area contributed by atoms with Gasteiger partial charge in [-0.05, 0) is 110 Å². The molecule has 4 aliphatic carbocycles. The van der Waals surface area contributed by atoms with E-state index in [1.807, 2.05) is 0 Å². The van der Waals surface area contributed by atoms with Gasteiger partial charge in [-0.2, -0.15) is 0 Å². The SMILES string of the molecule is CC(C)CCC[C@@H](C)[C@H]1CC[C@H]2[C@@H]3CC[C@H]4C[C@@H](O[C@H]5O[C@H](CO)[C@@H](O)[C@H](O)[C@H]5O)CC[C@]4(C)[C@H]3CC[C@]12C. The van der Waals surface area contributed by atoms with E-state index in [0.29, 0.717) is 16.7 Å². The second-order valence-corrected chi connectivity index (χ2v) is 15.4. The molecule has 6 nitrogen and oxygen atoms in total. The Bertz CT molecular complexity index is 818. The van der Waals surface area contributed by atoms with Crippen LogP contribution in [0.5, 0.6) is 0 Å². The largest absolute Gasteiger partial charge is 0.394 e. The molecule has 226 valence electrons. The Morgan fingerprint density at radius 3 is 2.26 bits per heavy atom. The Balaban J connectivity index is 1.21. The van der Waals surface area contributed by atoms with Crippen molar-refractivity contribution in [2.45, 2.75) is 148 Å². The molecule has 0 amide bonds. The minimum Gasteiger partial charge on any atom is -0.394 e. The molecule has 1 saturated heterocycles. The van der Waals surface area contributed by atoms with Gasteiger partial charge in [-0.3, -0.25) is 0 Å². The van der Waals surface area contributed by atoms with Crippen LogP contribution in [0.1, 0.15) is 112 Å². The number of hydrogen-bond donors (Lipinski definition) is 4. The summed E-state index contributed by atoms with van der Waals surface area (Å²) in [6, 6.07) is 0. The first-order valence-electron chi connectivity index (χ1n) is 16.5. The van der Waals surface area contributed by atoms with Crippen molar-refractivity contribution in [1.29, 1.82) is 0 Å². The van der Waals surface area contributed by atoms with Crippen molar-refractivity contribution >= 4 is 0 Å². The molecule has 39 heavy (non-hydrogen) atoms. The van der Waals surface area contributed by atoms with Gasteiger partial charge in [0.05, 0.1) is 12.7 Å². The van der Waals surface area contributed by atoms with Crippen molar-refractivity contribution in [3.8, 4) is 0 Å². The van der Waals surface area contributed by atoms with Gasteiger partial charge in [0.2, 0.25) is 0 Å². The molecule has 5 fully saturated rings. The van der Waals surface area contributed by atoms with Crippen LogP contribution in [-0.4, -0.2) is 63.8 Å². The van der Waals surface area contributed by atoms with Crippen LogP contribution in [0.15, 0.2) is 0 Å². The monoisotopic (exact) mass is 550 g/mol. The van der Waals surface area contributed by atoms with E-state index in [1.54, 1.807) is 0 Å². The van der Waals surface area contributed by atoms with E-state index in [0.717, 1.165) is 54.8 Å². The van der Waals surface area contributed by atoms with Crippen molar-refractivity contribution in [3.05, 3.63) is 0 Å². The number of hydrogen-bond acceptors (Lipinski definition) is 6. The fourth-order valence-electron chi connectivity index (χ4n) is 10.7. The van der Waals surface area contributed by atoms with Crippen molar-refractivity contribution < 1.29 is 29.9 Å². The molecule has 0 aromatic rings. The first kappa shape index (κ1) is 30.2. The van der Waals surface area contributed by atoms with Gasteiger partial charge in [-0.25, -0.2) is 0 Å². The maximum absolute atomic E-state index is 10.5. The average Bonchev–Trinajstić information content (AvgIpc) is 3.26. The van der Waals surface area contributed by atoms with Gasteiger partial charge in [0.25, 0.3) is 0 Å². The van der Waals surface area contributed by atoms with Crippen LogP contribution in [-0.2, 0) is 9.47 Å². The predicted molar refractivity (Wildman–Crippen MR) is 152 cm³/mol. The Labute approximate surface area is 237 Å². The van der Waals surface area contributed by atoms with Crippen LogP contribution in [0.3, 0.4) is 0 Å². The van der Waals surface area contributed by atoms with E-state index in [9.17, 15) is 20.4 Å². The van der Waals surface area contributed by atoms with E-state index in [4.69, 9.17) is 9.47 Å².